The van der Waals surface area contributed by atoms with E-state index in [-0.39, 0.29) is 0 Å². The number of benzene rings is 1. The van der Waals surface area contributed by atoms with E-state index in [1.54, 1.807) is 30.5 Å². The van der Waals surface area contributed by atoms with Crippen LogP contribution < -0.4 is 4.18 Å². The second kappa shape index (κ2) is 4.70. The standard InChI is InChI=1S/C11H9NO2S/c13-15(11-6-2-1-3-7-11)14-10-5-4-8-12-9-10/h1-9H. The Morgan fingerprint density at radius 3 is 2.53 bits per heavy atom. The van der Waals surface area contributed by atoms with Crippen LogP contribution in [-0.2, 0) is 11.1 Å². The zero-order valence-corrected chi connectivity index (χ0v) is 8.68. The molecule has 0 N–H and O–H groups in total. The summed E-state index contributed by atoms with van der Waals surface area (Å²) in [6.07, 6.45) is 3.17. The molecule has 4 heteroatoms. The SMILES string of the molecule is O=S(Oc1cccnc1)c1ccccc1. The summed E-state index contributed by atoms with van der Waals surface area (Å²) < 4.78 is 16.9. The number of nitrogens with zero attached hydrogens (tertiary/aromatic N) is 1. The number of aromatic nitrogens is 1. The van der Waals surface area contributed by atoms with Crippen LogP contribution in [0.1, 0.15) is 0 Å². The maximum absolute atomic E-state index is 11.7. The molecule has 2 aromatic rings. The van der Waals surface area contributed by atoms with Gasteiger partial charge in [-0.2, -0.15) is 0 Å². The van der Waals surface area contributed by atoms with Crippen molar-refractivity contribution in [2.45, 2.75) is 4.90 Å². The summed E-state index contributed by atoms with van der Waals surface area (Å²) in [7, 11) is 0. The van der Waals surface area contributed by atoms with E-state index in [4.69, 9.17) is 4.18 Å². The van der Waals surface area contributed by atoms with Gasteiger partial charge in [0.1, 0.15) is 0 Å². The van der Waals surface area contributed by atoms with Gasteiger partial charge in [-0.05, 0) is 24.3 Å². The lowest BCUT2D eigenvalue weighted by atomic mass is 10.4. The van der Waals surface area contributed by atoms with E-state index in [1.807, 2.05) is 18.2 Å². The van der Waals surface area contributed by atoms with Crippen LogP contribution in [0.3, 0.4) is 0 Å². The van der Waals surface area contributed by atoms with E-state index >= 15 is 0 Å². The van der Waals surface area contributed by atoms with Gasteiger partial charge in [-0.15, -0.1) is 0 Å². The summed E-state index contributed by atoms with van der Waals surface area (Å²) in [5, 5.41) is 0. The second-order valence-corrected chi connectivity index (χ2v) is 3.93. The van der Waals surface area contributed by atoms with Gasteiger partial charge in [-0.25, -0.2) is 4.21 Å². The first kappa shape index (κ1) is 9.86. The Morgan fingerprint density at radius 1 is 1.07 bits per heavy atom. The number of hydrogen-bond donors (Lipinski definition) is 0. The molecule has 0 bridgehead atoms. The highest BCUT2D eigenvalue weighted by Gasteiger charge is 2.04. The van der Waals surface area contributed by atoms with Gasteiger partial charge >= 0.3 is 0 Å². The van der Waals surface area contributed by atoms with Crippen molar-refractivity contribution in [1.82, 2.24) is 4.98 Å². The molecule has 0 saturated heterocycles. The molecule has 0 fully saturated rings. The minimum Gasteiger partial charge on any atom is -0.395 e. The first-order valence-corrected chi connectivity index (χ1v) is 5.49. The maximum atomic E-state index is 11.7. The van der Waals surface area contributed by atoms with Gasteiger partial charge in [0, 0.05) is 6.20 Å². The molecular formula is C11H9NO2S. The molecule has 0 aliphatic carbocycles. The molecule has 1 atom stereocenters. The number of pyridine rings is 1. The Bertz CT molecular complexity index is 445. The zero-order valence-electron chi connectivity index (χ0n) is 7.87. The Balaban J connectivity index is 2.12. The van der Waals surface area contributed by atoms with Crippen LogP contribution in [0.25, 0.3) is 0 Å². The van der Waals surface area contributed by atoms with Crippen molar-refractivity contribution in [1.29, 1.82) is 0 Å². The van der Waals surface area contributed by atoms with E-state index in [1.165, 1.54) is 6.20 Å². The molecule has 0 aliphatic rings. The van der Waals surface area contributed by atoms with Crippen molar-refractivity contribution in [3.8, 4) is 5.75 Å². The molecule has 15 heavy (non-hydrogen) atoms. The lowest BCUT2D eigenvalue weighted by molar-refractivity contribution is 0.560. The van der Waals surface area contributed by atoms with Crippen molar-refractivity contribution in [3.63, 3.8) is 0 Å². The topological polar surface area (TPSA) is 39.2 Å². The van der Waals surface area contributed by atoms with Crippen LogP contribution in [-0.4, -0.2) is 9.19 Å². The van der Waals surface area contributed by atoms with Crippen LogP contribution in [0.4, 0.5) is 0 Å². The Morgan fingerprint density at radius 2 is 1.87 bits per heavy atom. The van der Waals surface area contributed by atoms with Crippen LogP contribution in [0.5, 0.6) is 5.75 Å². The van der Waals surface area contributed by atoms with Gasteiger partial charge in [0.05, 0.1) is 11.1 Å². The highest BCUT2D eigenvalue weighted by molar-refractivity contribution is 7.80. The average molecular weight is 219 g/mol. The van der Waals surface area contributed by atoms with Gasteiger partial charge in [0.15, 0.2) is 5.75 Å². The third-order valence-corrected chi connectivity index (χ3v) is 2.74. The predicted octanol–water partition coefficient (Wildman–Crippen LogP) is 2.18. The predicted molar refractivity (Wildman–Crippen MR) is 57.7 cm³/mol. The smallest absolute Gasteiger partial charge is 0.240 e. The minimum absolute atomic E-state index is 0.500. The first-order valence-electron chi connectivity index (χ1n) is 4.41. The van der Waals surface area contributed by atoms with Crippen molar-refractivity contribution in [2.24, 2.45) is 0 Å². The third-order valence-electron chi connectivity index (χ3n) is 1.74. The summed E-state index contributed by atoms with van der Waals surface area (Å²) in [5.74, 6) is 0.500. The Labute approximate surface area is 90.4 Å². The minimum atomic E-state index is -1.47. The molecule has 76 valence electrons. The van der Waals surface area contributed by atoms with Gasteiger partial charge in [-0.1, -0.05) is 18.2 Å². The van der Waals surface area contributed by atoms with Crippen molar-refractivity contribution in [3.05, 3.63) is 54.9 Å². The molecule has 0 amide bonds. The molecule has 0 saturated carbocycles. The Kier molecular flexibility index (Phi) is 3.09. The summed E-state index contributed by atoms with van der Waals surface area (Å²) in [6.45, 7) is 0. The number of hydrogen-bond acceptors (Lipinski definition) is 3. The molecule has 2 rings (SSSR count). The molecule has 1 aromatic carbocycles. The summed E-state index contributed by atoms with van der Waals surface area (Å²) in [5.41, 5.74) is 0. The molecule has 1 heterocycles. The molecule has 1 unspecified atom stereocenters. The van der Waals surface area contributed by atoms with Crippen LogP contribution in [0, 0.1) is 0 Å². The number of rotatable bonds is 3. The fourth-order valence-corrected chi connectivity index (χ4v) is 1.81. The highest BCUT2D eigenvalue weighted by Crippen LogP contribution is 2.13. The fourth-order valence-electron chi connectivity index (χ4n) is 1.06. The normalized spacial score (nSPS) is 12.0. The summed E-state index contributed by atoms with van der Waals surface area (Å²) >= 11 is -1.47. The summed E-state index contributed by atoms with van der Waals surface area (Å²) in [4.78, 5) is 4.51. The molecule has 0 radical (unpaired) electrons. The first-order chi connectivity index (χ1) is 7.36. The maximum Gasteiger partial charge on any atom is 0.240 e. The zero-order chi connectivity index (χ0) is 10.5. The molecule has 0 aliphatic heterocycles. The molecule has 0 spiro atoms. The lowest BCUT2D eigenvalue weighted by Gasteiger charge is -2.03. The van der Waals surface area contributed by atoms with Crippen LogP contribution in [0.15, 0.2) is 59.8 Å². The Hall–Kier alpha value is -1.68. The lowest BCUT2D eigenvalue weighted by Crippen LogP contribution is -2.00. The summed E-state index contributed by atoms with van der Waals surface area (Å²) in [6, 6.07) is 12.5. The van der Waals surface area contributed by atoms with Gasteiger partial charge < -0.3 is 4.18 Å². The monoisotopic (exact) mass is 219 g/mol. The second-order valence-electron chi connectivity index (χ2n) is 2.82. The quantitative estimate of drug-likeness (QED) is 0.794. The van der Waals surface area contributed by atoms with E-state index < -0.39 is 11.1 Å². The molecular weight excluding hydrogens is 210 g/mol. The van der Waals surface area contributed by atoms with Gasteiger partial charge in [0.25, 0.3) is 0 Å². The molecule has 3 nitrogen and oxygen atoms in total. The molecule has 1 aromatic heterocycles. The van der Waals surface area contributed by atoms with Crippen molar-refractivity contribution < 1.29 is 8.39 Å². The third kappa shape index (κ3) is 2.63. The highest BCUT2D eigenvalue weighted by atomic mass is 32.2. The van der Waals surface area contributed by atoms with Gasteiger partial charge in [0.2, 0.25) is 11.1 Å². The fraction of sp³-hybridized carbons (Fsp3) is 0. The van der Waals surface area contributed by atoms with Gasteiger partial charge in [-0.3, -0.25) is 4.98 Å². The van der Waals surface area contributed by atoms with Crippen LogP contribution in [0.2, 0.25) is 0 Å². The van der Waals surface area contributed by atoms with E-state index in [9.17, 15) is 4.21 Å². The van der Waals surface area contributed by atoms with Crippen molar-refractivity contribution in [2.75, 3.05) is 0 Å². The largest absolute Gasteiger partial charge is 0.395 e. The van der Waals surface area contributed by atoms with Crippen molar-refractivity contribution >= 4 is 11.1 Å². The van der Waals surface area contributed by atoms with E-state index in [0.29, 0.717) is 10.6 Å². The van der Waals surface area contributed by atoms with E-state index in [2.05, 4.69) is 4.98 Å². The van der Waals surface area contributed by atoms with E-state index in [0.717, 1.165) is 0 Å². The average Bonchev–Trinajstić information content (AvgIpc) is 2.31. The van der Waals surface area contributed by atoms with Crippen LogP contribution >= 0.6 is 0 Å².